The fourth-order valence-corrected chi connectivity index (χ4v) is 1.05. The first-order chi connectivity index (χ1) is 5.60. The number of rotatable bonds is 5. The van der Waals surface area contributed by atoms with Crippen LogP contribution in [0.3, 0.4) is 0 Å². The molecule has 11 heteroatoms. The van der Waals surface area contributed by atoms with Crippen LogP contribution in [0.5, 0.6) is 0 Å². The molecule has 0 spiro atoms. The molecule has 0 amide bonds. The number of aliphatic hydroxyl groups is 1. The number of phosphoric ester groups is 2. The van der Waals surface area contributed by atoms with E-state index in [1.807, 2.05) is 0 Å². The molecule has 0 radical (unpaired) electrons. The third-order valence-electron chi connectivity index (χ3n) is 0.644. The van der Waals surface area contributed by atoms with Crippen LogP contribution in [0.25, 0.3) is 0 Å². The van der Waals surface area contributed by atoms with Crippen LogP contribution < -0.4 is 0 Å². The van der Waals surface area contributed by atoms with Gasteiger partial charge < -0.3 is 24.7 Å². The average molecular weight is 238 g/mol. The third-order valence-corrected chi connectivity index (χ3v) is 1.65. The SMILES string of the molecule is O=P(O)(O)OCC(O)OP(=O)(O)O. The highest BCUT2D eigenvalue weighted by atomic mass is 31.2. The highest BCUT2D eigenvalue weighted by Crippen LogP contribution is 2.39. The second-order valence-corrected chi connectivity index (χ2v) is 4.27. The van der Waals surface area contributed by atoms with Gasteiger partial charge in [-0.1, -0.05) is 0 Å². The lowest BCUT2D eigenvalue weighted by atomic mass is 10.7. The van der Waals surface area contributed by atoms with E-state index < -0.39 is 28.5 Å². The van der Waals surface area contributed by atoms with Crippen molar-refractivity contribution in [1.82, 2.24) is 0 Å². The van der Waals surface area contributed by atoms with Crippen LogP contribution in [0, 0.1) is 0 Å². The average Bonchev–Trinajstić information content (AvgIpc) is 1.78. The van der Waals surface area contributed by atoms with Crippen molar-refractivity contribution < 1.29 is 42.9 Å². The maximum atomic E-state index is 10.0. The summed E-state index contributed by atoms with van der Waals surface area (Å²) in [5.41, 5.74) is 0. The van der Waals surface area contributed by atoms with Crippen LogP contribution in [0.15, 0.2) is 0 Å². The second kappa shape index (κ2) is 4.61. The number of phosphoric acid groups is 2. The summed E-state index contributed by atoms with van der Waals surface area (Å²) >= 11 is 0. The first kappa shape index (κ1) is 13.2. The van der Waals surface area contributed by atoms with Crippen molar-refractivity contribution in [3.8, 4) is 0 Å². The van der Waals surface area contributed by atoms with Crippen LogP contribution in [-0.4, -0.2) is 37.6 Å². The molecule has 0 aliphatic rings. The summed E-state index contributed by atoms with van der Waals surface area (Å²) in [7, 11) is -9.66. The van der Waals surface area contributed by atoms with Crippen molar-refractivity contribution in [2.45, 2.75) is 6.29 Å². The molecule has 13 heavy (non-hydrogen) atoms. The number of hydrogen-bond donors (Lipinski definition) is 5. The zero-order valence-corrected chi connectivity index (χ0v) is 7.84. The van der Waals surface area contributed by atoms with Crippen molar-refractivity contribution in [3.05, 3.63) is 0 Å². The van der Waals surface area contributed by atoms with Gasteiger partial charge in [-0.15, -0.1) is 0 Å². The summed E-state index contributed by atoms with van der Waals surface area (Å²) in [6, 6.07) is 0. The largest absolute Gasteiger partial charge is 0.472 e. The molecule has 0 aromatic rings. The van der Waals surface area contributed by atoms with Crippen molar-refractivity contribution >= 4 is 15.6 Å². The molecule has 0 aliphatic heterocycles. The minimum atomic E-state index is -4.89. The van der Waals surface area contributed by atoms with Gasteiger partial charge in [0.15, 0.2) is 6.29 Å². The van der Waals surface area contributed by atoms with Crippen molar-refractivity contribution in [2.75, 3.05) is 6.61 Å². The van der Waals surface area contributed by atoms with Crippen molar-refractivity contribution in [2.24, 2.45) is 0 Å². The van der Waals surface area contributed by atoms with E-state index >= 15 is 0 Å². The molecule has 0 rings (SSSR count). The van der Waals surface area contributed by atoms with Crippen LogP contribution >= 0.6 is 15.6 Å². The van der Waals surface area contributed by atoms with E-state index in [4.69, 9.17) is 24.7 Å². The fraction of sp³-hybridized carbons (Fsp3) is 1.00. The monoisotopic (exact) mass is 238 g/mol. The second-order valence-electron chi connectivity index (χ2n) is 1.84. The van der Waals surface area contributed by atoms with Gasteiger partial charge in [-0.3, -0.25) is 9.05 Å². The quantitative estimate of drug-likeness (QED) is 0.285. The number of hydrogen-bond acceptors (Lipinski definition) is 5. The van der Waals surface area contributed by atoms with Gasteiger partial charge in [-0.2, -0.15) is 0 Å². The van der Waals surface area contributed by atoms with Gasteiger partial charge in [0.25, 0.3) is 0 Å². The van der Waals surface area contributed by atoms with Gasteiger partial charge in [-0.25, -0.2) is 9.13 Å². The molecule has 0 saturated carbocycles. The summed E-state index contributed by atoms with van der Waals surface area (Å²) in [6.45, 7) is -1.05. The Labute approximate surface area is 72.4 Å². The van der Waals surface area contributed by atoms with E-state index in [0.29, 0.717) is 0 Å². The molecule has 0 bridgehead atoms. The lowest BCUT2D eigenvalue weighted by Crippen LogP contribution is -2.16. The van der Waals surface area contributed by atoms with Gasteiger partial charge in [0.1, 0.15) is 6.61 Å². The molecule has 80 valence electrons. The molecular weight excluding hydrogens is 230 g/mol. The zero-order valence-electron chi connectivity index (χ0n) is 6.05. The Morgan fingerprint density at radius 2 is 1.54 bits per heavy atom. The standard InChI is InChI=1S/C2H8O9P2/c3-2(11-13(7,8)9)1-10-12(4,5)6/h2-3H,1H2,(H2,4,5,6)(H2,7,8,9). The van der Waals surface area contributed by atoms with Crippen molar-refractivity contribution in [1.29, 1.82) is 0 Å². The Bertz CT molecular complexity index is 236. The maximum absolute atomic E-state index is 10.0. The highest BCUT2D eigenvalue weighted by Gasteiger charge is 2.23. The predicted octanol–water partition coefficient (Wildman–Crippen LogP) is -1.48. The van der Waals surface area contributed by atoms with E-state index in [1.165, 1.54) is 0 Å². The van der Waals surface area contributed by atoms with Crippen LogP contribution in [0.4, 0.5) is 0 Å². The zero-order chi connectivity index (χ0) is 10.7. The van der Waals surface area contributed by atoms with Gasteiger partial charge in [-0.05, 0) is 0 Å². The molecule has 1 atom stereocenters. The molecule has 0 heterocycles. The molecular formula is C2H8O9P2. The van der Waals surface area contributed by atoms with Crippen LogP contribution in [0.2, 0.25) is 0 Å². The highest BCUT2D eigenvalue weighted by molar-refractivity contribution is 7.46. The van der Waals surface area contributed by atoms with E-state index in [2.05, 4.69) is 9.05 Å². The molecule has 0 fully saturated rings. The maximum Gasteiger partial charge on any atom is 0.472 e. The molecule has 5 N–H and O–H groups in total. The minimum Gasteiger partial charge on any atom is -0.366 e. The molecule has 0 aliphatic carbocycles. The minimum absolute atomic E-state index is 1.05. The fourth-order valence-electron chi connectivity index (χ4n) is 0.350. The molecule has 1 unspecified atom stereocenters. The van der Waals surface area contributed by atoms with Gasteiger partial charge in [0.05, 0.1) is 0 Å². The summed E-state index contributed by atoms with van der Waals surface area (Å²) in [5, 5.41) is 8.57. The number of aliphatic hydroxyl groups excluding tert-OH is 1. The van der Waals surface area contributed by atoms with Gasteiger partial charge in [0, 0.05) is 0 Å². The van der Waals surface area contributed by atoms with Gasteiger partial charge in [0.2, 0.25) is 0 Å². The molecule has 0 aromatic heterocycles. The lowest BCUT2D eigenvalue weighted by molar-refractivity contribution is -0.0680. The molecule has 9 nitrogen and oxygen atoms in total. The topological polar surface area (TPSA) is 154 Å². The van der Waals surface area contributed by atoms with Crippen LogP contribution in [0.1, 0.15) is 0 Å². The summed E-state index contributed by atoms with van der Waals surface area (Å²) in [5.74, 6) is 0. The van der Waals surface area contributed by atoms with Gasteiger partial charge >= 0.3 is 15.6 Å². The summed E-state index contributed by atoms with van der Waals surface area (Å²) in [4.78, 5) is 32.4. The molecule has 0 saturated heterocycles. The Kier molecular flexibility index (Phi) is 4.67. The first-order valence-corrected chi connectivity index (χ1v) is 5.78. The summed E-state index contributed by atoms with van der Waals surface area (Å²) < 4.78 is 27.3. The normalized spacial score (nSPS) is 15.8. The first-order valence-electron chi connectivity index (χ1n) is 2.72. The van der Waals surface area contributed by atoms with Crippen LogP contribution in [-0.2, 0) is 18.2 Å². The van der Waals surface area contributed by atoms with Crippen molar-refractivity contribution in [3.63, 3.8) is 0 Å². The summed E-state index contributed by atoms with van der Waals surface area (Å²) in [6.07, 6.45) is -2.10. The Hall–Kier alpha value is 0.180. The Morgan fingerprint density at radius 1 is 1.08 bits per heavy atom. The molecule has 0 aromatic carbocycles. The van der Waals surface area contributed by atoms with E-state index in [1.54, 1.807) is 0 Å². The Balaban J connectivity index is 3.84. The van der Waals surface area contributed by atoms with E-state index in [0.717, 1.165) is 0 Å². The smallest absolute Gasteiger partial charge is 0.366 e. The van der Waals surface area contributed by atoms with E-state index in [-0.39, 0.29) is 0 Å². The third kappa shape index (κ3) is 10.1. The Morgan fingerprint density at radius 3 is 1.85 bits per heavy atom. The van der Waals surface area contributed by atoms with E-state index in [9.17, 15) is 9.13 Å². The lowest BCUT2D eigenvalue weighted by Gasteiger charge is -2.12. The predicted molar refractivity (Wildman–Crippen MR) is 37.1 cm³/mol.